The van der Waals surface area contributed by atoms with Gasteiger partial charge in [-0.05, 0) is 72.5 Å². The van der Waals surface area contributed by atoms with Crippen molar-refractivity contribution in [1.29, 1.82) is 0 Å². The number of hydrogen-bond acceptors (Lipinski definition) is 6. The maximum absolute atomic E-state index is 13.8. The SMILES string of the molecule is CCc1cccc2sc(N(Cc3ccco3)C(=O)c3ccc(S(=O)(=O)N4CCc5ccccc54)cc3)nc12. The van der Waals surface area contributed by atoms with E-state index >= 15 is 0 Å². The van der Waals surface area contributed by atoms with E-state index in [0.29, 0.717) is 35.1 Å². The van der Waals surface area contributed by atoms with Gasteiger partial charge in [-0.3, -0.25) is 14.0 Å². The molecule has 0 unspecified atom stereocenters. The number of anilines is 2. The van der Waals surface area contributed by atoms with Crippen LogP contribution in [0.1, 0.15) is 34.2 Å². The van der Waals surface area contributed by atoms with E-state index in [1.807, 2.05) is 48.5 Å². The average molecular weight is 544 g/mol. The van der Waals surface area contributed by atoms with Gasteiger partial charge in [0.2, 0.25) is 0 Å². The zero-order valence-electron chi connectivity index (χ0n) is 20.7. The number of furan rings is 1. The third-order valence-corrected chi connectivity index (χ3v) is 9.65. The molecule has 0 saturated carbocycles. The molecule has 0 radical (unpaired) electrons. The van der Waals surface area contributed by atoms with Crippen LogP contribution in [0.25, 0.3) is 10.2 Å². The number of amides is 1. The Morgan fingerprint density at radius 3 is 2.61 bits per heavy atom. The number of rotatable bonds is 7. The molecule has 0 atom stereocenters. The van der Waals surface area contributed by atoms with Crippen molar-refractivity contribution >= 4 is 48.3 Å². The number of thiazole rings is 1. The molecule has 7 nitrogen and oxygen atoms in total. The summed E-state index contributed by atoms with van der Waals surface area (Å²) >= 11 is 1.45. The van der Waals surface area contributed by atoms with Crippen LogP contribution in [-0.4, -0.2) is 25.9 Å². The Morgan fingerprint density at radius 1 is 1.03 bits per heavy atom. The molecule has 5 aromatic rings. The lowest BCUT2D eigenvalue weighted by molar-refractivity contribution is 0.0983. The fourth-order valence-electron chi connectivity index (χ4n) is 4.79. The van der Waals surface area contributed by atoms with Crippen molar-refractivity contribution in [2.45, 2.75) is 31.2 Å². The number of aromatic nitrogens is 1. The summed E-state index contributed by atoms with van der Waals surface area (Å²) in [7, 11) is -3.75. The Hall–Kier alpha value is -3.95. The first-order chi connectivity index (χ1) is 18.5. The molecule has 0 fully saturated rings. The number of carbonyl (C=O) groups excluding carboxylic acids is 1. The van der Waals surface area contributed by atoms with E-state index in [9.17, 15) is 13.2 Å². The van der Waals surface area contributed by atoms with Gasteiger partial charge in [0.15, 0.2) is 5.13 Å². The van der Waals surface area contributed by atoms with Crippen molar-refractivity contribution < 1.29 is 17.6 Å². The van der Waals surface area contributed by atoms with Gasteiger partial charge in [-0.25, -0.2) is 13.4 Å². The predicted molar refractivity (Wildman–Crippen MR) is 149 cm³/mol. The van der Waals surface area contributed by atoms with Crippen molar-refractivity contribution in [3.8, 4) is 0 Å². The number of hydrogen-bond donors (Lipinski definition) is 0. The molecule has 3 aromatic carbocycles. The van der Waals surface area contributed by atoms with E-state index < -0.39 is 10.0 Å². The van der Waals surface area contributed by atoms with E-state index in [1.165, 1.54) is 27.8 Å². The van der Waals surface area contributed by atoms with Crippen LogP contribution in [0.5, 0.6) is 0 Å². The van der Waals surface area contributed by atoms with Gasteiger partial charge in [0, 0.05) is 12.1 Å². The van der Waals surface area contributed by atoms with Crippen LogP contribution in [-0.2, 0) is 29.4 Å². The molecule has 0 aliphatic carbocycles. The zero-order chi connectivity index (χ0) is 26.3. The third-order valence-electron chi connectivity index (χ3n) is 6.78. The molecule has 0 N–H and O–H groups in total. The number of sulfonamides is 1. The normalized spacial score (nSPS) is 13.1. The van der Waals surface area contributed by atoms with Gasteiger partial charge in [-0.2, -0.15) is 0 Å². The smallest absolute Gasteiger partial charge is 0.264 e. The first kappa shape index (κ1) is 24.4. The van der Waals surface area contributed by atoms with Crippen LogP contribution >= 0.6 is 11.3 Å². The number of nitrogens with zero attached hydrogens (tertiary/aromatic N) is 3. The minimum absolute atomic E-state index is 0.149. The number of para-hydroxylation sites is 2. The lowest BCUT2D eigenvalue weighted by atomic mass is 10.1. The first-order valence-electron chi connectivity index (χ1n) is 12.4. The van der Waals surface area contributed by atoms with Crippen molar-refractivity contribution in [1.82, 2.24) is 4.98 Å². The molecule has 192 valence electrons. The van der Waals surface area contributed by atoms with Gasteiger partial charge < -0.3 is 4.42 Å². The lowest BCUT2D eigenvalue weighted by Crippen LogP contribution is -2.31. The number of aryl methyl sites for hydroxylation is 1. The molecule has 0 spiro atoms. The van der Waals surface area contributed by atoms with Gasteiger partial charge in [-0.15, -0.1) is 0 Å². The average Bonchev–Trinajstić information content (AvgIpc) is 3.70. The number of benzene rings is 3. The highest BCUT2D eigenvalue weighted by atomic mass is 32.2. The molecule has 3 heterocycles. The summed E-state index contributed by atoms with van der Waals surface area (Å²) in [6, 6.07) is 23.3. The monoisotopic (exact) mass is 543 g/mol. The van der Waals surface area contributed by atoms with Crippen molar-refractivity contribution in [2.24, 2.45) is 0 Å². The first-order valence-corrected chi connectivity index (χ1v) is 14.6. The minimum Gasteiger partial charge on any atom is -0.467 e. The van der Waals surface area contributed by atoms with Gasteiger partial charge in [0.25, 0.3) is 15.9 Å². The highest BCUT2D eigenvalue weighted by molar-refractivity contribution is 7.92. The Morgan fingerprint density at radius 2 is 1.84 bits per heavy atom. The second-order valence-electron chi connectivity index (χ2n) is 9.06. The van der Waals surface area contributed by atoms with E-state index in [1.54, 1.807) is 29.4 Å². The van der Waals surface area contributed by atoms with Gasteiger partial charge in [-0.1, -0.05) is 48.6 Å². The Kier molecular flexibility index (Phi) is 6.25. The molecule has 0 saturated heterocycles. The van der Waals surface area contributed by atoms with Gasteiger partial charge in [0.05, 0.1) is 33.6 Å². The van der Waals surface area contributed by atoms with E-state index in [-0.39, 0.29) is 17.3 Å². The molecular formula is C29H25N3O4S2. The molecule has 1 aliphatic heterocycles. The standard InChI is InChI=1S/C29H25N3O4S2/c1-2-20-8-5-11-26-27(20)30-29(37-26)31(19-23-9-6-18-36-23)28(33)22-12-14-24(15-13-22)38(34,35)32-17-16-21-7-3-4-10-25(21)32/h3-15,18H,2,16-17,19H2,1H3. The highest BCUT2D eigenvalue weighted by Crippen LogP contribution is 2.34. The van der Waals surface area contributed by atoms with Crippen LogP contribution in [0.4, 0.5) is 10.8 Å². The number of fused-ring (bicyclic) bond motifs is 2. The summed E-state index contributed by atoms with van der Waals surface area (Å²) in [4.78, 5) is 20.3. The van der Waals surface area contributed by atoms with Crippen LogP contribution in [0.3, 0.4) is 0 Å². The van der Waals surface area contributed by atoms with Crippen molar-refractivity contribution in [3.05, 3.63) is 108 Å². The fraction of sp³-hybridized carbons (Fsp3) is 0.172. The maximum atomic E-state index is 13.8. The Bertz CT molecular complexity index is 1730. The Labute approximate surface area is 225 Å². The molecule has 6 rings (SSSR count). The largest absolute Gasteiger partial charge is 0.467 e. The third kappa shape index (κ3) is 4.27. The van der Waals surface area contributed by atoms with Gasteiger partial charge in [0.1, 0.15) is 5.76 Å². The summed E-state index contributed by atoms with van der Waals surface area (Å²) in [6.07, 6.45) is 3.08. The molecule has 2 aromatic heterocycles. The minimum atomic E-state index is -3.75. The van der Waals surface area contributed by atoms with E-state index in [4.69, 9.17) is 9.40 Å². The molecule has 9 heteroatoms. The summed E-state index contributed by atoms with van der Waals surface area (Å²) in [5, 5.41) is 0.563. The molecule has 0 bridgehead atoms. The predicted octanol–water partition coefficient (Wildman–Crippen LogP) is 6.05. The van der Waals surface area contributed by atoms with Crippen LogP contribution in [0, 0.1) is 0 Å². The van der Waals surface area contributed by atoms with E-state index in [0.717, 1.165) is 27.8 Å². The molecule has 1 aliphatic rings. The number of carbonyl (C=O) groups is 1. The molecular weight excluding hydrogens is 518 g/mol. The highest BCUT2D eigenvalue weighted by Gasteiger charge is 2.31. The summed E-state index contributed by atoms with van der Waals surface area (Å²) < 4.78 is 34.8. The van der Waals surface area contributed by atoms with E-state index in [2.05, 4.69) is 6.92 Å². The van der Waals surface area contributed by atoms with Crippen molar-refractivity contribution in [3.63, 3.8) is 0 Å². The van der Waals surface area contributed by atoms with Crippen LogP contribution in [0.2, 0.25) is 0 Å². The second kappa shape index (κ2) is 9.74. The zero-order valence-corrected chi connectivity index (χ0v) is 22.3. The van der Waals surface area contributed by atoms with Crippen LogP contribution in [0.15, 0.2) is 94.4 Å². The second-order valence-corrected chi connectivity index (χ2v) is 11.9. The fourth-order valence-corrected chi connectivity index (χ4v) is 7.30. The quantitative estimate of drug-likeness (QED) is 0.250. The van der Waals surface area contributed by atoms with Crippen LogP contribution < -0.4 is 9.21 Å². The maximum Gasteiger partial charge on any atom is 0.264 e. The summed E-state index contributed by atoms with van der Waals surface area (Å²) in [5.74, 6) is 0.342. The van der Waals surface area contributed by atoms with Gasteiger partial charge >= 0.3 is 0 Å². The van der Waals surface area contributed by atoms with Crippen molar-refractivity contribution in [2.75, 3.05) is 15.7 Å². The summed E-state index contributed by atoms with van der Waals surface area (Å²) in [5.41, 5.74) is 4.10. The molecule has 1 amide bonds. The summed E-state index contributed by atoms with van der Waals surface area (Å²) in [6.45, 7) is 2.68. The molecule has 38 heavy (non-hydrogen) atoms. The Balaban J connectivity index is 1.33. The lowest BCUT2D eigenvalue weighted by Gasteiger charge is -2.21. The topological polar surface area (TPSA) is 83.7 Å².